The van der Waals surface area contributed by atoms with E-state index < -0.39 is 0 Å². The molecule has 3 heteroatoms. The molecule has 0 saturated heterocycles. The maximum Gasteiger partial charge on any atom is 0.177 e. The average molecular weight is 210 g/mol. The van der Waals surface area contributed by atoms with E-state index in [1.54, 1.807) is 30.4 Å². The molecule has 0 aliphatic rings. The molecule has 0 unspecified atom stereocenters. The van der Waals surface area contributed by atoms with Crippen LogP contribution in [0.3, 0.4) is 0 Å². The van der Waals surface area contributed by atoms with Crippen LogP contribution >= 0.6 is 0 Å². The standard InChI is InChI=1S/C13H10N2O/c14-9-4-3-6-11-5-1-2-7-12(11)13(16)8-10-15/h1-3,5-7H,4,8H2. The van der Waals surface area contributed by atoms with Crippen LogP contribution in [0.15, 0.2) is 30.3 Å². The van der Waals surface area contributed by atoms with Crippen LogP contribution < -0.4 is 0 Å². The lowest BCUT2D eigenvalue weighted by atomic mass is 10.0. The van der Waals surface area contributed by atoms with Crippen LogP contribution in [-0.2, 0) is 0 Å². The van der Waals surface area contributed by atoms with E-state index >= 15 is 0 Å². The second-order valence-electron chi connectivity index (χ2n) is 3.11. The highest BCUT2D eigenvalue weighted by atomic mass is 16.1. The normalized spacial score (nSPS) is 9.62. The average Bonchev–Trinajstić information content (AvgIpc) is 2.30. The van der Waals surface area contributed by atoms with Crippen LogP contribution in [0.2, 0.25) is 0 Å². The third-order valence-electron chi connectivity index (χ3n) is 2.01. The molecule has 1 aromatic rings. The molecule has 0 aliphatic carbocycles. The van der Waals surface area contributed by atoms with E-state index in [1.165, 1.54) is 0 Å². The minimum atomic E-state index is -0.195. The van der Waals surface area contributed by atoms with Crippen molar-refractivity contribution in [2.24, 2.45) is 0 Å². The summed E-state index contributed by atoms with van der Waals surface area (Å²) >= 11 is 0. The number of ketones is 1. The summed E-state index contributed by atoms with van der Waals surface area (Å²) in [5, 5.41) is 16.9. The second-order valence-corrected chi connectivity index (χ2v) is 3.11. The molecule has 16 heavy (non-hydrogen) atoms. The molecule has 0 radical (unpaired) electrons. The van der Waals surface area contributed by atoms with Gasteiger partial charge in [-0.15, -0.1) is 0 Å². The largest absolute Gasteiger partial charge is 0.293 e. The Bertz CT molecular complexity index is 489. The van der Waals surface area contributed by atoms with E-state index in [0.29, 0.717) is 12.0 Å². The van der Waals surface area contributed by atoms with Gasteiger partial charge in [0.05, 0.1) is 25.0 Å². The highest BCUT2D eigenvalue weighted by Crippen LogP contribution is 2.13. The summed E-state index contributed by atoms with van der Waals surface area (Å²) in [7, 11) is 0. The number of Topliss-reactive ketones (excluding diaryl/α,β-unsaturated/α-hetero) is 1. The van der Waals surface area contributed by atoms with Crippen molar-refractivity contribution in [2.75, 3.05) is 0 Å². The number of hydrogen-bond acceptors (Lipinski definition) is 3. The van der Waals surface area contributed by atoms with Crippen molar-refractivity contribution in [3.8, 4) is 12.1 Å². The number of benzene rings is 1. The van der Waals surface area contributed by atoms with Crippen molar-refractivity contribution in [3.63, 3.8) is 0 Å². The molecule has 3 nitrogen and oxygen atoms in total. The molecule has 0 atom stereocenters. The van der Waals surface area contributed by atoms with Gasteiger partial charge in [-0.3, -0.25) is 4.79 Å². The summed E-state index contributed by atoms with van der Waals surface area (Å²) in [6, 6.07) is 10.9. The van der Waals surface area contributed by atoms with Crippen LogP contribution in [-0.4, -0.2) is 5.78 Å². The topological polar surface area (TPSA) is 64.7 Å². The Kier molecular flexibility index (Phi) is 4.50. The fraction of sp³-hybridized carbons (Fsp3) is 0.154. The molecule has 0 saturated carbocycles. The minimum Gasteiger partial charge on any atom is -0.293 e. The molecule has 0 aromatic heterocycles. The predicted molar refractivity (Wildman–Crippen MR) is 60.3 cm³/mol. The summed E-state index contributed by atoms with van der Waals surface area (Å²) in [5.41, 5.74) is 1.27. The maximum absolute atomic E-state index is 11.6. The molecule has 0 N–H and O–H groups in total. The second kappa shape index (κ2) is 6.16. The highest BCUT2D eigenvalue weighted by molar-refractivity contribution is 6.00. The summed E-state index contributed by atoms with van der Waals surface area (Å²) in [4.78, 5) is 11.6. The molecular formula is C13H10N2O. The van der Waals surface area contributed by atoms with E-state index in [-0.39, 0.29) is 12.2 Å². The van der Waals surface area contributed by atoms with Gasteiger partial charge in [-0.25, -0.2) is 0 Å². The molecule has 1 aromatic carbocycles. The Hall–Kier alpha value is -2.39. The number of carbonyl (C=O) groups is 1. The Balaban J connectivity index is 2.97. The number of carbonyl (C=O) groups excluding carboxylic acids is 1. The molecule has 0 fully saturated rings. The van der Waals surface area contributed by atoms with Crippen molar-refractivity contribution in [1.29, 1.82) is 10.5 Å². The van der Waals surface area contributed by atoms with Crippen molar-refractivity contribution in [2.45, 2.75) is 12.8 Å². The van der Waals surface area contributed by atoms with Gasteiger partial charge < -0.3 is 0 Å². The lowest BCUT2D eigenvalue weighted by Gasteiger charge is -2.01. The predicted octanol–water partition coefficient (Wildman–Crippen LogP) is 2.71. The summed E-state index contributed by atoms with van der Waals surface area (Å²) in [6.07, 6.45) is 3.61. The van der Waals surface area contributed by atoms with E-state index in [1.807, 2.05) is 18.2 Å². The van der Waals surface area contributed by atoms with Crippen LogP contribution in [0, 0.1) is 22.7 Å². The lowest BCUT2D eigenvalue weighted by Crippen LogP contribution is -1.99. The quantitative estimate of drug-likeness (QED) is 0.717. The third kappa shape index (κ3) is 3.08. The van der Waals surface area contributed by atoms with E-state index in [0.717, 1.165) is 5.56 Å². The Morgan fingerprint density at radius 2 is 2.00 bits per heavy atom. The van der Waals surface area contributed by atoms with Gasteiger partial charge in [-0.1, -0.05) is 36.4 Å². The molecule has 1 rings (SSSR count). The minimum absolute atomic E-state index is 0.122. The van der Waals surface area contributed by atoms with Crippen LogP contribution in [0.1, 0.15) is 28.8 Å². The summed E-state index contributed by atoms with van der Waals surface area (Å²) in [5.74, 6) is -0.195. The van der Waals surface area contributed by atoms with Gasteiger partial charge in [0.2, 0.25) is 0 Å². The van der Waals surface area contributed by atoms with Crippen molar-refractivity contribution in [1.82, 2.24) is 0 Å². The molecule has 0 amide bonds. The molecule has 0 bridgehead atoms. The SMILES string of the molecule is N#CCC=Cc1ccccc1C(=O)CC#N. The fourth-order valence-electron chi connectivity index (χ4n) is 1.30. The van der Waals surface area contributed by atoms with Crippen molar-refractivity contribution >= 4 is 11.9 Å². The number of rotatable bonds is 4. The van der Waals surface area contributed by atoms with Crippen molar-refractivity contribution in [3.05, 3.63) is 41.5 Å². The van der Waals surface area contributed by atoms with Gasteiger partial charge in [0.15, 0.2) is 5.78 Å². The zero-order valence-electron chi connectivity index (χ0n) is 8.68. The number of allylic oxidation sites excluding steroid dienone is 1. The van der Waals surface area contributed by atoms with Crippen LogP contribution in [0.5, 0.6) is 0 Å². The summed E-state index contributed by atoms with van der Waals surface area (Å²) < 4.78 is 0. The molecule has 0 aliphatic heterocycles. The molecule has 78 valence electrons. The monoisotopic (exact) mass is 210 g/mol. The first-order valence-corrected chi connectivity index (χ1v) is 4.82. The lowest BCUT2D eigenvalue weighted by molar-refractivity contribution is 0.0997. The van der Waals surface area contributed by atoms with Crippen molar-refractivity contribution < 1.29 is 4.79 Å². The van der Waals surface area contributed by atoms with Gasteiger partial charge >= 0.3 is 0 Å². The first-order chi connectivity index (χ1) is 7.79. The zero-order valence-corrected chi connectivity index (χ0v) is 8.68. The van der Waals surface area contributed by atoms with E-state index in [9.17, 15) is 4.79 Å². The fourth-order valence-corrected chi connectivity index (χ4v) is 1.30. The Morgan fingerprint density at radius 1 is 1.25 bits per heavy atom. The van der Waals surface area contributed by atoms with E-state index in [2.05, 4.69) is 0 Å². The number of hydrogen-bond donors (Lipinski definition) is 0. The molecule has 0 heterocycles. The van der Waals surface area contributed by atoms with Gasteiger partial charge in [0, 0.05) is 5.56 Å². The van der Waals surface area contributed by atoms with Gasteiger partial charge in [-0.05, 0) is 5.56 Å². The van der Waals surface area contributed by atoms with Gasteiger partial charge in [0.25, 0.3) is 0 Å². The third-order valence-corrected chi connectivity index (χ3v) is 2.01. The first-order valence-electron chi connectivity index (χ1n) is 4.82. The number of nitriles is 2. The van der Waals surface area contributed by atoms with Crippen LogP contribution in [0.4, 0.5) is 0 Å². The maximum atomic E-state index is 11.6. The van der Waals surface area contributed by atoms with E-state index in [4.69, 9.17) is 10.5 Å². The first kappa shape index (κ1) is 11.7. The highest BCUT2D eigenvalue weighted by Gasteiger charge is 2.07. The molecule has 0 spiro atoms. The zero-order chi connectivity index (χ0) is 11.8. The number of nitrogens with zero attached hydrogens (tertiary/aromatic N) is 2. The van der Waals surface area contributed by atoms with Gasteiger partial charge in [0.1, 0.15) is 0 Å². The Labute approximate surface area is 94.2 Å². The summed E-state index contributed by atoms with van der Waals surface area (Å²) in [6.45, 7) is 0. The Morgan fingerprint density at radius 3 is 2.69 bits per heavy atom. The van der Waals surface area contributed by atoms with Crippen LogP contribution in [0.25, 0.3) is 6.08 Å². The molecular weight excluding hydrogens is 200 g/mol. The smallest absolute Gasteiger partial charge is 0.177 e. The van der Waals surface area contributed by atoms with Gasteiger partial charge in [-0.2, -0.15) is 10.5 Å².